The number of piperidine rings is 1. The van der Waals surface area contributed by atoms with Gasteiger partial charge in [0.1, 0.15) is 5.76 Å². The number of rotatable bonds is 7. The zero-order valence-electron chi connectivity index (χ0n) is 17.4. The number of oxazole rings is 1. The van der Waals surface area contributed by atoms with Crippen LogP contribution in [0, 0.1) is 19.8 Å². The Balaban J connectivity index is 1.42. The van der Waals surface area contributed by atoms with Crippen LogP contribution < -0.4 is 10.6 Å². The average Bonchev–Trinajstić information content (AvgIpc) is 3.03. The highest BCUT2D eigenvalue weighted by molar-refractivity contribution is 5.79. The maximum Gasteiger partial charge on any atom is 0.208 e. The van der Waals surface area contributed by atoms with Gasteiger partial charge >= 0.3 is 0 Å². The summed E-state index contributed by atoms with van der Waals surface area (Å²) in [4.78, 5) is 11.7. The van der Waals surface area contributed by atoms with Crippen LogP contribution in [0.4, 0.5) is 0 Å². The van der Waals surface area contributed by atoms with Crippen molar-refractivity contribution in [1.82, 2.24) is 20.5 Å². The van der Waals surface area contributed by atoms with Gasteiger partial charge in [-0.05, 0) is 58.2 Å². The maximum absolute atomic E-state index is 5.72. The second-order valence-corrected chi connectivity index (χ2v) is 7.53. The Morgan fingerprint density at radius 3 is 2.57 bits per heavy atom. The molecule has 0 aliphatic carbocycles. The average molecular weight is 384 g/mol. The Morgan fingerprint density at radius 1 is 1.18 bits per heavy atom. The van der Waals surface area contributed by atoms with E-state index in [4.69, 9.17) is 9.41 Å². The molecule has 3 rings (SSSR count). The standard InChI is InChI=1S/C22H33N5O/c1-4-23-22(24-14-19-8-6-5-7-9-19)25-15-20-10-12-27(13-11-20)16-21-26-17(2)18(3)28-21/h5-9,20H,4,10-16H2,1-3H3,(H2,23,24,25). The van der Waals surface area contributed by atoms with E-state index in [1.165, 1.54) is 18.4 Å². The highest BCUT2D eigenvalue weighted by Gasteiger charge is 2.21. The van der Waals surface area contributed by atoms with Crippen molar-refractivity contribution in [2.45, 2.75) is 46.7 Å². The number of hydrogen-bond acceptors (Lipinski definition) is 4. The minimum absolute atomic E-state index is 0.671. The van der Waals surface area contributed by atoms with Gasteiger partial charge in [-0.25, -0.2) is 9.98 Å². The number of guanidine groups is 1. The van der Waals surface area contributed by atoms with Crippen molar-refractivity contribution in [1.29, 1.82) is 0 Å². The molecular weight excluding hydrogens is 350 g/mol. The van der Waals surface area contributed by atoms with Gasteiger partial charge in [0.05, 0.1) is 18.8 Å². The van der Waals surface area contributed by atoms with Crippen molar-refractivity contribution >= 4 is 5.96 Å². The van der Waals surface area contributed by atoms with Crippen LogP contribution in [0.3, 0.4) is 0 Å². The highest BCUT2D eigenvalue weighted by Crippen LogP contribution is 2.19. The van der Waals surface area contributed by atoms with Crippen LogP contribution in [0.5, 0.6) is 0 Å². The monoisotopic (exact) mass is 383 g/mol. The van der Waals surface area contributed by atoms with E-state index in [-0.39, 0.29) is 0 Å². The number of nitrogens with one attached hydrogen (secondary N) is 2. The summed E-state index contributed by atoms with van der Waals surface area (Å²) in [6.45, 7) is 11.6. The summed E-state index contributed by atoms with van der Waals surface area (Å²) in [6, 6.07) is 10.4. The van der Waals surface area contributed by atoms with Crippen LogP contribution in [-0.2, 0) is 13.1 Å². The lowest BCUT2D eigenvalue weighted by molar-refractivity contribution is 0.164. The van der Waals surface area contributed by atoms with Crippen LogP contribution in [-0.4, -0.2) is 42.0 Å². The molecule has 0 saturated carbocycles. The van der Waals surface area contributed by atoms with E-state index in [9.17, 15) is 0 Å². The van der Waals surface area contributed by atoms with Crippen molar-refractivity contribution < 1.29 is 4.42 Å². The fourth-order valence-electron chi connectivity index (χ4n) is 3.48. The van der Waals surface area contributed by atoms with E-state index in [2.05, 4.69) is 51.7 Å². The predicted octanol–water partition coefficient (Wildman–Crippen LogP) is 3.26. The van der Waals surface area contributed by atoms with Gasteiger partial charge in [0.25, 0.3) is 0 Å². The predicted molar refractivity (Wildman–Crippen MR) is 113 cm³/mol. The smallest absolute Gasteiger partial charge is 0.208 e. The van der Waals surface area contributed by atoms with Crippen molar-refractivity contribution in [3.63, 3.8) is 0 Å². The molecule has 0 radical (unpaired) electrons. The molecular formula is C22H33N5O. The third-order valence-electron chi connectivity index (χ3n) is 5.30. The number of likely N-dealkylation sites (tertiary alicyclic amines) is 1. The quantitative estimate of drug-likeness (QED) is 0.567. The highest BCUT2D eigenvalue weighted by atomic mass is 16.4. The number of aliphatic imine (C=N–C) groups is 1. The van der Waals surface area contributed by atoms with Crippen molar-refractivity contribution in [3.05, 3.63) is 53.2 Å². The fourth-order valence-corrected chi connectivity index (χ4v) is 3.48. The number of hydrogen-bond donors (Lipinski definition) is 2. The summed E-state index contributed by atoms with van der Waals surface area (Å²) in [5, 5.41) is 6.87. The number of nitrogens with zero attached hydrogens (tertiary/aromatic N) is 3. The zero-order valence-corrected chi connectivity index (χ0v) is 17.4. The number of aromatic nitrogens is 1. The van der Waals surface area contributed by atoms with Crippen LogP contribution in [0.1, 0.15) is 42.7 Å². The lowest BCUT2D eigenvalue weighted by Crippen LogP contribution is -2.42. The van der Waals surface area contributed by atoms with Crippen LogP contribution in [0.25, 0.3) is 0 Å². The van der Waals surface area contributed by atoms with E-state index in [0.717, 1.165) is 56.0 Å². The zero-order chi connectivity index (χ0) is 19.8. The van der Waals surface area contributed by atoms with E-state index in [0.29, 0.717) is 12.5 Å². The third-order valence-corrected chi connectivity index (χ3v) is 5.30. The molecule has 1 aliphatic heterocycles. The second kappa shape index (κ2) is 10.3. The number of aryl methyl sites for hydroxylation is 2. The summed E-state index contributed by atoms with van der Waals surface area (Å²) < 4.78 is 5.72. The Bertz CT molecular complexity index is 728. The largest absolute Gasteiger partial charge is 0.444 e. The molecule has 6 nitrogen and oxygen atoms in total. The minimum atomic E-state index is 0.671. The molecule has 2 N–H and O–H groups in total. The minimum Gasteiger partial charge on any atom is -0.444 e. The normalized spacial score (nSPS) is 16.3. The molecule has 1 fully saturated rings. The van der Waals surface area contributed by atoms with Crippen LogP contribution >= 0.6 is 0 Å². The Kier molecular flexibility index (Phi) is 7.48. The van der Waals surface area contributed by atoms with E-state index in [1.54, 1.807) is 0 Å². The van der Waals surface area contributed by atoms with Gasteiger partial charge in [0.15, 0.2) is 5.96 Å². The fraction of sp³-hybridized carbons (Fsp3) is 0.545. The maximum atomic E-state index is 5.72. The van der Waals surface area contributed by atoms with Crippen molar-refractivity contribution in [2.75, 3.05) is 26.2 Å². The van der Waals surface area contributed by atoms with Gasteiger partial charge in [0, 0.05) is 13.1 Å². The molecule has 1 saturated heterocycles. The van der Waals surface area contributed by atoms with E-state index >= 15 is 0 Å². The summed E-state index contributed by atoms with van der Waals surface area (Å²) in [5.74, 6) is 3.35. The third kappa shape index (κ3) is 6.09. The van der Waals surface area contributed by atoms with Crippen molar-refractivity contribution in [2.24, 2.45) is 10.9 Å². The molecule has 2 heterocycles. The van der Waals surface area contributed by atoms with Gasteiger partial charge in [-0.2, -0.15) is 0 Å². The first-order valence-corrected chi connectivity index (χ1v) is 10.4. The first kappa shape index (κ1) is 20.4. The topological polar surface area (TPSA) is 65.7 Å². The summed E-state index contributed by atoms with van der Waals surface area (Å²) in [5.41, 5.74) is 2.23. The molecule has 1 aromatic carbocycles. The van der Waals surface area contributed by atoms with Crippen LogP contribution in [0.15, 0.2) is 39.7 Å². The molecule has 1 aliphatic rings. The molecule has 152 valence electrons. The molecule has 0 unspecified atom stereocenters. The van der Waals surface area contributed by atoms with Gasteiger partial charge in [-0.15, -0.1) is 0 Å². The molecule has 0 atom stereocenters. The van der Waals surface area contributed by atoms with Gasteiger partial charge in [-0.3, -0.25) is 4.90 Å². The molecule has 2 aromatic rings. The van der Waals surface area contributed by atoms with E-state index in [1.807, 2.05) is 19.9 Å². The van der Waals surface area contributed by atoms with Crippen LogP contribution in [0.2, 0.25) is 0 Å². The second-order valence-electron chi connectivity index (χ2n) is 7.53. The molecule has 0 amide bonds. The lowest BCUT2D eigenvalue weighted by Gasteiger charge is -2.31. The Labute approximate surface area is 168 Å². The molecule has 0 bridgehead atoms. The van der Waals surface area contributed by atoms with Gasteiger partial charge < -0.3 is 15.1 Å². The first-order chi connectivity index (χ1) is 13.6. The van der Waals surface area contributed by atoms with Gasteiger partial charge in [-0.1, -0.05) is 30.3 Å². The Hall–Kier alpha value is -2.34. The molecule has 28 heavy (non-hydrogen) atoms. The lowest BCUT2D eigenvalue weighted by atomic mass is 9.97. The summed E-state index contributed by atoms with van der Waals surface area (Å²) >= 11 is 0. The number of benzene rings is 1. The summed E-state index contributed by atoms with van der Waals surface area (Å²) in [6.07, 6.45) is 2.37. The van der Waals surface area contributed by atoms with Gasteiger partial charge in [0.2, 0.25) is 5.89 Å². The summed E-state index contributed by atoms with van der Waals surface area (Å²) in [7, 11) is 0. The van der Waals surface area contributed by atoms with Crippen molar-refractivity contribution in [3.8, 4) is 0 Å². The molecule has 1 aromatic heterocycles. The first-order valence-electron chi connectivity index (χ1n) is 10.4. The Morgan fingerprint density at radius 2 is 1.93 bits per heavy atom. The SMILES string of the molecule is CCNC(=NCc1ccccc1)NCC1CCN(Cc2nc(C)c(C)o2)CC1. The molecule has 6 heteroatoms. The van der Waals surface area contributed by atoms with E-state index < -0.39 is 0 Å². The molecule has 0 spiro atoms.